The SMILES string of the molecule is CCCC(C)(CNCC(C)C)CN1CCC(C)C(O)C1. The van der Waals surface area contributed by atoms with Gasteiger partial charge in [0.15, 0.2) is 0 Å². The average molecular weight is 284 g/mol. The Balaban J connectivity index is 2.48. The molecule has 2 N–H and O–H groups in total. The van der Waals surface area contributed by atoms with Gasteiger partial charge >= 0.3 is 0 Å². The Labute approximate surface area is 126 Å². The molecule has 0 aliphatic carbocycles. The summed E-state index contributed by atoms with van der Waals surface area (Å²) in [6, 6.07) is 0. The highest BCUT2D eigenvalue weighted by molar-refractivity contribution is 4.85. The van der Waals surface area contributed by atoms with E-state index in [1.807, 2.05) is 0 Å². The molecule has 0 aromatic carbocycles. The minimum Gasteiger partial charge on any atom is -0.392 e. The Kier molecular flexibility index (Phi) is 7.49. The molecule has 1 aliphatic heterocycles. The van der Waals surface area contributed by atoms with Gasteiger partial charge in [0.25, 0.3) is 0 Å². The Morgan fingerprint density at radius 3 is 2.65 bits per heavy atom. The Bertz CT molecular complexity index is 270. The summed E-state index contributed by atoms with van der Waals surface area (Å²) in [7, 11) is 0. The second-order valence-corrected chi connectivity index (χ2v) is 7.65. The number of aliphatic hydroxyl groups is 1. The maximum atomic E-state index is 10.1. The molecule has 1 fully saturated rings. The van der Waals surface area contributed by atoms with Crippen LogP contribution in [0.5, 0.6) is 0 Å². The summed E-state index contributed by atoms with van der Waals surface area (Å²) in [5, 5.41) is 13.7. The molecule has 3 nitrogen and oxygen atoms in total. The van der Waals surface area contributed by atoms with Gasteiger partial charge in [0.2, 0.25) is 0 Å². The van der Waals surface area contributed by atoms with Crippen molar-refractivity contribution in [2.24, 2.45) is 17.3 Å². The molecule has 20 heavy (non-hydrogen) atoms. The van der Waals surface area contributed by atoms with Crippen LogP contribution >= 0.6 is 0 Å². The third kappa shape index (κ3) is 6.11. The molecule has 1 saturated heterocycles. The van der Waals surface area contributed by atoms with Gasteiger partial charge in [-0.1, -0.05) is 41.0 Å². The molecule has 0 aromatic rings. The van der Waals surface area contributed by atoms with E-state index in [4.69, 9.17) is 0 Å². The van der Waals surface area contributed by atoms with E-state index in [1.165, 1.54) is 12.8 Å². The van der Waals surface area contributed by atoms with Crippen molar-refractivity contribution in [1.29, 1.82) is 0 Å². The monoisotopic (exact) mass is 284 g/mol. The van der Waals surface area contributed by atoms with Crippen LogP contribution in [-0.4, -0.2) is 48.8 Å². The fourth-order valence-corrected chi connectivity index (χ4v) is 3.29. The molecule has 0 radical (unpaired) electrons. The van der Waals surface area contributed by atoms with Crippen molar-refractivity contribution in [1.82, 2.24) is 10.2 Å². The molecule has 3 heteroatoms. The zero-order chi connectivity index (χ0) is 15.2. The number of nitrogens with one attached hydrogen (secondary N) is 1. The van der Waals surface area contributed by atoms with E-state index in [9.17, 15) is 5.11 Å². The zero-order valence-electron chi connectivity index (χ0n) is 14.3. The third-order valence-corrected chi connectivity index (χ3v) is 4.57. The van der Waals surface area contributed by atoms with Crippen molar-refractivity contribution in [2.45, 2.75) is 60.0 Å². The van der Waals surface area contributed by atoms with Gasteiger partial charge in [0, 0.05) is 19.6 Å². The van der Waals surface area contributed by atoms with Crippen molar-refractivity contribution in [3.8, 4) is 0 Å². The second kappa shape index (κ2) is 8.35. The molecule has 0 aromatic heterocycles. The van der Waals surface area contributed by atoms with Crippen LogP contribution in [0.4, 0.5) is 0 Å². The molecule has 0 saturated carbocycles. The minimum absolute atomic E-state index is 0.141. The van der Waals surface area contributed by atoms with E-state index < -0.39 is 0 Å². The number of β-amino-alcohol motifs (C(OH)–C–C–N with tert-alkyl or cyclic N) is 1. The molecule has 1 aliphatic rings. The molecular weight excluding hydrogens is 248 g/mol. The van der Waals surface area contributed by atoms with E-state index in [1.54, 1.807) is 0 Å². The van der Waals surface area contributed by atoms with Gasteiger partial charge in [-0.3, -0.25) is 0 Å². The van der Waals surface area contributed by atoms with Crippen LogP contribution < -0.4 is 5.32 Å². The lowest BCUT2D eigenvalue weighted by Crippen LogP contribution is -2.49. The van der Waals surface area contributed by atoms with Crippen molar-refractivity contribution in [2.75, 3.05) is 32.7 Å². The number of rotatable bonds is 8. The molecule has 3 atom stereocenters. The first-order valence-corrected chi connectivity index (χ1v) is 8.47. The van der Waals surface area contributed by atoms with Crippen LogP contribution in [0.1, 0.15) is 53.9 Å². The molecular formula is C17H36N2O. The Morgan fingerprint density at radius 2 is 2.10 bits per heavy atom. The summed E-state index contributed by atoms with van der Waals surface area (Å²) in [6.07, 6.45) is 3.47. The van der Waals surface area contributed by atoms with E-state index in [0.29, 0.717) is 17.3 Å². The van der Waals surface area contributed by atoms with Crippen molar-refractivity contribution >= 4 is 0 Å². The highest BCUT2D eigenvalue weighted by Crippen LogP contribution is 2.27. The predicted octanol–water partition coefficient (Wildman–Crippen LogP) is 2.74. The Hall–Kier alpha value is -0.120. The van der Waals surface area contributed by atoms with Crippen LogP contribution in [0.2, 0.25) is 0 Å². The minimum atomic E-state index is -0.141. The number of aliphatic hydroxyl groups excluding tert-OH is 1. The fraction of sp³-hybridized carbons (Fsp3) is 1.00. The second-order valence-electron chi connectivity index (χ2n) is 7.65. The molecule has 0 amide bonds. The van der Waals surface area contributed by atoms with Crippen LogP contribution in [0.15, 0.2) is 0 Å². The molecule has 0 bridgehead atoms. The first kappa shape index (κ1) is 17.9. The van der Waals surface area contributed by atoms with Gasteiger partial charge < -0.3 is 15.3 Å². The molecule has 3 unspecified atom stereocenters. The van der Waals surface area contributed by atoms with Crippen LogP contribution in [0.25, 0.3) is 0 Å². The summed E-state index contributed by atoms with van der Waals surface area (Å²) in [4.78, 5) is 2.47. The zero-order valence-corrected chi connectivity index (χ0v) is 14.3. The van der Waals surface area contributed by atoms with Gasteiger partial charge in [0.05, 0.1) is 6.10 Å². The number of piperidine rings is 1. The summed E-state index contributed by atoms with van der Waals surface area (Å²) in [5.74, 6) is 1.17. The Morgan fingerprint density at radius 1 is 1.40 bits per heavy atom. The number of hydrogen-bond donors (Lipinski definition) is 2. The summed E-state index contributed by atoms with van der Waals surface area (Å²) in [6.45, 7) is 16.6. The lowest BCUT2D eigenvalue weighted by molar-refractivity contribution is 0.0106. The number of likely N-dealkylation sites (tertiary alicyclic amines) is 1. The van der Waals surface area contributed by atoms with E-state index in [0.717, 1.165) is 39.1 Å². The summed E-state index contributed by atoms with van der Waals surface area (Å²) >= 11 is 0. The largest absolute Gasteiger partial charge is 0.392 e. The standard InChI is InChI=1S/C17H36N2O/c1-6-8-17(5,12-18-10-14(2)3)13-19-9-7-15(4)16(20)11-19/h14-16,18,20H,6-13H2,1-5H3. The first-order valence-electron chi connectivity index (χ1n) is 8.47. The van der Waals surface area contributed by atoms with Gasteiger partial charge in [-0.25, -0.2) is 0 Å². The molecule has 1 rings (SSSR count). The third-order valence-electron chi connectivity index (χ3n) is 4.57. The lowest BCUT2D eigenvalue weighted by atomic mass is 9.83. The van der Waals surface area contributed by atoms with Crippen molar-refractivity contribution in [3.63, 3.8) is 0 Å². The summed E-state index contributed by atoms with van der Waals surface area (Å²) in [5.41, 5.74) is 0.323. The number of nitrogens with zero attached hydrogens (tertiary/aromatic N) is 1. The van der Waals surface area contributed by atoms with E-state index in [-0.39, 0.29) is 6.10 Å². The maximum absolute atomic E-state index is 10.1. The topological polar surface area (TPSA) is 35.5 Å². The summed E-state index contributed by atoms with van der Waals surface area (Å²) < 4.78 is 0. The molecule has 1 heterocycles. The van der Waals surface area contributed by atoms with Gasteiger partial charge in [0.1, 0.15) is 0 Å². The van der Waals surface area contributed by atoms with E-state index >= 15 is 0 Å². The van der Waals surface area contributed by atoms with Gasteiger partial charge in [-0.15, -0.1) is 0 Å². The predicted molar refractivity (Wildman–Crippen MR) is 87.0 cm³/mol. The van der Waals surface area contributed by atoms with Crippen LogP contribution in [0, 0.1) is 17.3 Å². The van der Waals surface area contributed by atoms with Crippen molar-refractivity contribution < 1.29 is 5.11 Å². The van der Waals surface area contributed by atoms with Crippen LogP contribution in [0.3, 0.4) is 0 Å². The number of hydrogen-bond acceptors (Lipinski definition) is 3. The maximum Gasteiger partial charge on any atom is 0.0693 e. The fourth-order valence-electron chi connectivity index (χ4n) is 3.29. The highest BCUT2D eigenvalue weighted by atomic mass is 16.3. The molecule has 120 valence electrons. The van der Waals surface area contributed by atoms with E-state index in [2.05, 4.69) is 44.8 Å². The smallest absolute Gasteiger partial charge is 0.0693 e. The van der Waals surface area contributed by atoms with Gasteiger partial charge in [-0.05, 0) is 43.2 Å². The first-order chi connectivity index (χ1) is 9.36. The van der Waals surface area contributed by atoms with Gasteiger partial charge in [-0.2, -0.15) is 0 Å². The average Bonchev–Trinajstić information content (AvgIpc) is 2.33. The molecule has 0 spiro atoms. The lowest BCUT2D eigenvalue weighted by Gasteiger charge is -2.40. The quantitative estimate of drug-likeness (QED) is 0.719. The normalized spacial score (nSPS) is 27.8. The highest BCUT2D eigenvalue weighted by Gasteiger charge is 2.30. The van der Waals surface area contributed by atoms with Crippen LogP contribution in [-0.2, 0) is 0 Å². The van der Waals surface area contributed by atoms with Crippen molar-refractivity contribution in [3.05, 3.63) is 0 Å².